The Hall–Kier alpha value is -2.21. The van der Waals surface area contributed by atoms with Gasteiger partial charge in [0.25, 0.3) is 0 Å². The number of aromatic nitrogens is 2. The van der Waals surface area contributed by atoms with Gasteiger partial charge in [-0.2, -0.15) is 0 Å². The third-order valence-corrected chi connectivity index (χ3v) is 2.78. The van der Waals surface area contributed by atoms with E-state index in [4.69, 9.17) is 26.2 Å². The molecule has 0 saturated carbocycles. The number of ether oxygens (including phenoxy) is 2. The van der Waals surface area contributed by atoms with Gasteiger partial charge < -0.3 is 19.6 Å². The number of carboxylic acids is 1. The Kier molecular flexibility index (Phi) is 2.38. The van der Waals surface area contributed by atoms with Crippen molar-refractivity contribution >= 4 is 17.6 Å². The number of carbonyl (C=O) groups is 1. The molecule has 18 heavy (non-hydrogen) atoms. The van der Waals surface area contributed by atoms with E-state index in [0.29, 0.717) is 22.9 Å². The second-order valence-electron chi connectivity index (χ2n) is 3.62. The predicted octanol–water partition coefficient (Wildman–Crippen LogP) is 2.16. The van der Waals surface area contributed by atoms with Crippen molar-refractivity contribution in [2.75, 3.05) is 6.79 Å². The number of benzene rings is 1. The number of halogens is 1. The van der Waals surface area contributed by atoms with Gasteiger partial charge in [-0.1, -0.05) is 11.6 Å². The lowest BCUT2D eigenvalue weighted by atomic mass is 10.2. The Bertz CT molecular complexity index is 638. The van der Waals surface area contributed by atoms with Crippen molar-refractivity contribution in [1.82, 2.24) is 9.97 Å². The summed E-state index contributed by atoms with van der Waals surface area (Å²) in [5, 5.41) is 8.86. The number of fused-ring (bicyclic) bond motifs is 1. The zero-order valence-corrected chi connectivity index (χ0v) is 9.69. The molecule has 0 amide bonds. The van der Waals surface area contributed by atoms with Crippen molar-refractivity contribution in [3.05, 3.63) is 29.0 Å². The molecule has 0 unspecified atom stereocenters. The van der Waals surface area contributed by atoms with Gasteiger partial charge in [-0.15, -0.1) is 0 Å². The molecule has 2 heterocycles. The summed E-state index contributed by atoms with van der Waals surface area (Å²) in [7, 11) is 0. The van der Waals surface area contributed by atoms with Crippen LogP contribution in [0.3, 0.4) is 0 Å². The molecule has 0 saturated heterocycles. The number of carboxylic acid groups (broad SMARTS) is 1. The van der Waals surface area contributed by atoms with E-state index in [1.54, 1.807) is 18.2 Å². The number of aromatic amines is 1. The van der Waals surface area contributed by atoms with E-state index in [1.807, 2.05) is 0 Å². The molecule has 6 nitrogen and oxygen atoms in total. The molecule has 3 rings (SSSR count). The van der Waals surface area contributed by atoms with Crippen LogP contribution < -0.4 is 9.47 Å². The summed E-state index contributed by atoms with van der Waals surface area (Å²) in [5.41, 5.74) is 0.470. The van der Waals surface area contributed by atoms with Gasteiger partial charge in [-0.25, -0.2) is 9.78 Å². The fraction of sp³-hybridized carbons (Fsp3) is 0.0909. The topological polar surface area (TPSA) is 84.4 Å². The Morgan fingerprint density at radius 1 is 1.39 bits per heavy atom. The smallest absolute Gasteiger partial charge is 0.357 e. The van der Waals surface area contributed by atoms with Crippen LogP contribution in [0.1, 0.15) is 10.5 Å². The molecular formula is C11H7ClN2O4. The summed E-state index contributed by atoms with van der Waals surface area (Å²) in [4.78, 5) is 17.5. The van der Waals surface area contributed by atoms with Crippen LogP contribution in [0.4, 0.5) is 0 Å². The second-order valence-corrected chi connectivity index (χ2v) is 4.00. The molecule has 1 aromatic carbocycles. The highest BCUT2D eigenvalue weighted by molar-refractivity contribution is 6.32. The van der Waals surface area contributed by atoms with Crippen molar-refractivity contribution < 1.29 is 19.4 Å². The average Bonchev–Trinajstić information content (AvgIpc) is 2.93. The highest BCUT2D eigenvalue weighted by Gasteiger charge is 2.18. The molecule has 2 N–H and O–H groups in total. The van der Waals surface area contributed by atoms with E-state index in [9.17, 15) is 4.79 Å². The van der Waals surface area contributed by atoms with Crippen LogP contribution in [0, 0.1) is 0 Å². The lowest BCUT2D eigenvalue weighted by Gasteiger charge is -1.99. The van der Waals surface area contributed by atoms with Gasteiger partial charge in [0.15, 0.2) is 17.2 Å². The minimum absolute atomic E-state index is 0.00448. The molecule has 1 aromatic heterocycles. The molecule has 1 aliphatic heterocycles. The zero-order chi connectivity index (χ0) is 12.7. The van der Waals surface area contributed by atoms with Crippen LogP contribution in [-0.4, -0.2) is 27.8 Å². The molecule has 0 fully saturated rings. The average molecular weight is 267 g/mol. The molecule has 7 heteroatoms. The highest BCUT2D eigenvalue weighted by Crippen LogP contribution is 2.35. The van der Waals surface area contributed by atoms with Gasteiger partial charge in [0.1, 0.15) is 11.0 Å². The first kappa shape index (κ1) is 10.9. The van der Waals surface area contributed by atoms with Crippen molar-refractivity contribution in [1.29, 1.82) is 0 Å². The van der Waals surface area contributed by atoms with E-state index in [0.717, 1.165) is 0 Å². The number of aromatic carboxylic acids is 1. The number of nitrogens with zero attached hydrogens (tertiary/aromatic N) is 1. The molecule has 0 bridgehead atoms. The zero-order valence-electron chi connectivity index (χ0n) is 8.94. The van der Waals surface area contributed by atoms with E-state index >= 15 is 0 Å². The van der Waals surface area contributed by atoms with Gasteiger partial charge in [-0.05, 0) is 18.2 Å². The maximum absolute atomic E-state index is 10.8. The number of H-pyrrole nitrogens is 1. The van der Waals surface area contributed by atoms with E-state index in [-0.39, 0.29) is 17.6 Å². The number of hydrogen-bond acceptors (Lipinski definition) is 4. The molecule has 0 aliphatic carbocycles. The Balaban J connectivity index is 2.05. The molecule has 0 spiro atoms. The molecule has 2 aromatic rings. The van der Waals surface area contributed by atoms with Crippen LogP contribution in [0.2, 0.25) is 5.15 Å². The van der Waals surface area contributed by atoms with Gasteiger partial charge in [0, 0.05) is 5.56 Å². The van der Waals surface area contributed by atoms with Crippen molar-refractivity contribution in [2.45, 2.75) is 0 Å². The van der Waals surface area contributed by atoms with Crippen LogP contribution in [0.15, 0.2) is 18.2 Å². The molecule has 0 radical (unpaired) electrons. The maximum atomic E-state index is 10.8. The van der Waals surface area contributed by atoms with E-state index in [2.05, 4.69) is 9.97 Å². The quantitative estimate of drug-likeness (QED) is 0.870. The van der Waals surface area contributed by atoms with Crippen LogP contribution in [-0.2, 0) is 0 Å². The normalized spacial score (nSPS) is 12.7. The van der Waals surface area contributed by atoms with E-state index in [1.165, 1.54) is 0 Å². The minimum Gasteiger partial charge on any atom is -0.476 e. The lowest BCUT2D eigenvalue weighted by Crippen LogP contribution is -1.96. The van der Waals surface area contributed by atoms with Crippen molar-refractivity contribution in [3.8, 4) is 22.9 Å². The van der Waals surface area contributed by atoms with Crippen LogP contribution in [0.25, 0.3) is 11.4 Å². The number of rotatable bonds is 2. The number of hydrogen-bond donors (Lipinski definition) is 2. The molecule has 0 atom stereocenters. The monoisotopic (exact) mass is 266 g/mol. The van der Waals surface area contributed by atoms with Crippen molar-refractivity contribution in [3.63, 3.8) is 0 Å². The lowest BCUT2D eigenvalue weighted by molar-refractivity contribution is 0.0691. The summed E-state index contributed by atoms with van der Waals surface area (Å²) in [6.07, 6.45) is 0. The Labute approximate surface area is 106 Å². The maximum Gasteiger partial charge on any atom is 0.357 e. The molecule has 92 valence electrons. The SMILES string of the molecule is O=C(O)c1nc(-c2ccc3c(c2)OCO3)[nH]c1Cl. The first-order valence-electron chi connectivity index (χ1n) is 5.04. The number of imidazole rings is 1. The third kappa shape index (κ3) is 1.67. The van der Waals surface area contributed by atoms with Crippen LogP contribution in [0.5, 0.6) is 11.5 Å². The predicted molar refractivity (Wildman–Crippen MR) is 62.1 cm³/mol. The van der Waals surface area contributed by atoms with Crippen LogP contribution >= 0.6 is 11.6 Å². The summed E-state index contributed by atoms with van der Waals surface area (Å²) >= 11 is 5.75. The third-order valence-electron chi connectivity index (χ3n) is 2.51. The van der Waals surface area contributed by atoms with Gasteiger partial charge in [0.2, 0.25) is 6.79 Å². The first-order chi connectivity index (χ1) is 8.65. The standard InChI is InChI=1S/C11H7ClN2O4/c12-9-8(11(15)16)13-10(14-9)5-1-2-6-7(3-5)18-4-17-6/h1-3H,4H2,(H,13,14)(H,15,16). The summed E-state index contributed by atoms with van der Waals surface area (Å²) in [6.45, 7) is 0.179. The fourth-order valence-electron chi connectivity index (χ4n) is 1.67. The van der Waals surface area contributed by atoms with E-state index < -0.39 is 5.97 Å². The molecular weight excluding hydrogens is 260 g/mol. The van der Waals surface area contributed by atoms with Crippen molar-refractivity contribution in [2.24, 2.45) is 0 Å². The molecule has 1 aliphatic rings. The second kappa shape index (κ2) is 3.92. The number of nitrogens with one attached hydrogen (secondary N) is 1. The fourth-order valence-corrected chi connectivity index (χ4v) is 1.89. The van der Waals surface area contributed by atoms with Gasteiger partial charge in [0.05, 0.1) is 0 Å². The largest absolute Gasteiger partial charge is 0.476 e. The highest BCUT2D eigenvalue weighted by atomic mass is 35.5. The Morgan fingerprint density at radius 2 is 2.17 bits per heavy atom. The summed E-state index contributed by atoms with van der Waals surface area (Å²) in [5.74, 6) is 0.436. The van der Waals surface area contributed by atoms with Gasteiger partial charge >= 0.3 is 5.97 Å². The Morgan fingerprint density at radius 3 is 2.89 bits per heavy atom. The minimum atomic E-state index is -1.18. The first-order valence-corrected chi connectivity index (χ1v) is 5.42. The van der Waals surface area contributed by atoms with Gasteiger partial charge in [-0.3, -0.25) is 0 Å². The summed E-state index contributed by atoms with van der Waals surface area (Å²) < 4.78 is 10.4. The summed E-state index contributed by atoms with van der Waals surface area (Å²) in [6, 6.07) is 5.19.